The number of hydrogen-bond donors (Lipinski definition) is 1. The van der Waals surface area contributed by atoms with Crippen molar-refractivity contribution in [1.82, 2.24) is 10.2 Å². The van der Waals surface area contributed by atoms with Crippen LogP contribution in [0.25, 0.3) is 0 Å². The average molecular weight is 205 g/mol. The summed E-state index contributed by atoms with van der Waals surface area (Å²) in [5.41, 5.74) is 0. The van der Waals surface area contributed by atoms with Gasteiger partial charge in [-0.15, -0.1) is 12.4 Å². The minimum Gasteiger partial charge on any atom is -0.337 e. The van der Waals surface area contributed by atoms with Crippen molar-refractivity contribution in [2.45, 2.75) is 25.8 Å². The van der Waals surface area contributed by atoms with E-state index in [4.69, 9.17) is 0 Å². The molecule has 1 saturated heterocycles. The zero-order chi connectivity index (χ0) is 8.55. The van der Waals surface area contributed by atoms with Crippen LogP contribution in [0, 0.1) is 5.92 Å². The van der Waals surface area contributed by atoms with Gasteiger partial charge in [0.25, 0.3) is 0 Å². The van der Waals surface area contributed by atoms with Gasteiger partial charge in [-0.1, -0.05) is 0 Å². The van der Waals surface area contributed by atoms with Crippen LogP contribution in [0.4, 0.5) is 0 Å². The predicted octanol–water partition coefficient (Wildman–Crippen LogP) is 0.638. The minimum atomic E-state index is 0. The second-order valence-electron chi connectivity index (χ2n) is 3.82. The molecule has 0 aromatic heterocycles. The van der Waals surface area contributed by atoms with E-state index in [0.717, 1.165) is 25.6 Å². The largest absolute Gasteiger partial charge is 0.337 e. The van der Waals surface area contributed by atoms with Crippen molar-refractivity contribution < 1.29 is 4.79 Å². The van der Waals surface area contributed by atoms with Gasteiger partial charge in [0.2, 0.25) is 5.91 Å². The molecule has 2 rings (SSSR count). The molecule has 13 heavy (non-hydrogen) atoms. The molecule has 1 atom stereocenters. The van der Waals surface area contributed by atoms with Gasteiger partial charge in [0, 0.05) is 32.6 Å². The van der Waals surface area contributed by atoms with Gasteiger partial charge in [-0.05, 0) is 18.8 Å². The number of hydrogen-bond acceptors (Lipinski definition) is 2. The lowest BCUT2D eigenvalue weighted by atomic mass is 10.1. The molecule has 2 fully saturated rings. The highest BCUT2D eigenvalue weighted by Crippen LogP contribution is 2.35. The monoisotopic (exact) mass is 204 g/mol. The maximum absolute atomic E-state index is 11.2. The van der Waals surface area contributed by atoms with Crippen LogP contribution in [0.2, 0.25) is 0 Å². The summed E-state index contributed by atoms with van der Waals surface area (Å²) < 4.78 is 0. The van der Waals surface area contributed by atoms with Gasteiger partial charge < -0.3 is 10.2 Å². The number of piperazine rings is 1. The number of nitrogens with zero attached hydrogens (tertiary/aromatic N) is 1. The third-order valence-corrected chi connectivity index (χ3v) is 2.85. The zero-order valence-electron chi connectivity index (χ0n) is 7.95. The van der Waals surface area contributed by atoms with Gasteiger partial charge in [0.05, 0.1) is 0 Å². The van der Waals surface area contributed by atoms with Crippen LogP contribution in [-0.4, -0.2) is 36.5 Å². The first-order valence-electron chi connectivity index (χ1n) is 4.77. The Bertz CT molecular complexity index is 194. The molecule has 1 aliphatic heterocycles. The lowest BCUT2D eigenvalue weighted by Gasteiger charge is -2.35. The van der Waals surface area contributed by atoms with E-state index in [9.17, 15) is 4.79 Å². The minimum absolute atomic E-state index is 0. The Morgan fingerprint density at radius 2 is 2.15 bits per heavy atom. The fourth-order valence-corrected chi connectivity index (χ4v) is 2.02. The number of amides is 1. The number of carbonyl (C=O) groups is 1. The standard InChI is InChI=1S/C9H16N2O.ClH/c1-7(12)11-5-4-10-6-9(11)8-2-3-8;/h8-10H,2-6H2,1H3;1H. The Morgan fingerprint density at radius 1 is 1.46 bits per heavy atom. The van der Waals surface area contributed by atoms with Crippen molar-refractivity contribution in [2.24, 2.45) is 5.92 Å². The quantitative estimate of drug-likeness (QED) is 0.680. The molecule has 1 aliphatic carbocycles. The molecule has 0 radical (unpaired) electrons. The van der Waals surface area contributed by atoms with Crippen LogP contribution in [0.5, 0.6) is 0 Å². The van der Waals surface area contributed by atoms with E-state index in [1.54, 1.807) is 6.92 Å². The van der Waals surface area contributed by atoms with E-state index in [-0.39, 0.29) is 18.3 Å². The number of rotatable bonds is 1. The fourth-order valence-electron chi connectivity index (χ4n) is 2.02. The Hall–Kier alpha value is -0.280. The van der Waals surface area contributed by atoms with E-state index in [2.05, 4.69) is 5.32 Å². The van der Waals surface area contributed by atoms with E-state index in [1.807, 2.05) is 4.90 Å². The smallest absolute Gasteiger partial charge is 0.219 e. The molecule has 1 heterocycles. The van der Waals surface area contributed by atoms with Crippen molar-refractivity contribution in [3.8, 4) is 0 Å². The van der Waals surface area contributed by atoms with E-state index < -0.39 is 0 Å². The SMILES string of the molecule is CC(=O)N1CCNCC1C1CC1.Cl. The molecule has 0 bridgehead atoms. The number of nitrogens with one attached hydrogen (secondary N) is 1. The van der Waals surface area contributed by atoms with Gasteiger partial charge in [-0.25, -0.2) is 0 Å². The highest BCUT2D eigenvalue weighted by atomic mass is 35.5. The summed E-state index contributed by atoms with van der Waals surface area (Å²) in [4.78, 5) is 13.3. The van der Waals surface area contributed by atoms with E-state index in [1.165, 1.54) is 12.8 Å². The molecule has 1 N–H and O–H groups in total. The van der Waals surface area contributed by atoms with Crippen LogP contribution in [0.15, 0.2) is 0 Å². The molecule has 3 nitrogen and oxygen atoms in total. The lowest BCUT2D eigenvalue weighted by molar-refractivity contribution is -0.132. The summed E-state index contributed by atoms with van der Waals surface area (Å²) in [6, 6.07) is 0.497. The van der Waals surface area contributed by atoms with Crippen molar-refractivity contribution in [3.05, 3.63) is 0 Å². The Morgan fingerprint density at radius 3 is 2.69 bits per heavy atom. The van der Waals surface area contributed by atoms with Crippen LogP contribution in [-0.2, 0) is 4.79 Å². The molecule has 2 aliphatic rings. The van der Waals surface area contributed by atoms with Gasteiger partial charge in [-0.2, -0.15) is 0 Å². The fraction of sp³-hybridized carbons (Fsp3) is 0.889. The van der Waals surface area contributed by atoms with Gasteiger partial charge >= 0.3 is 0 Å². The molecule has 1 amide bonds. The molecule has 0 aromatic rings. The molecule has 0 aromatic carbocycles. The van der Waals surface area contributed by atoms with Crippen LogP contribution in [0.3, 0.4) is 0 Å². The normalized spacial score (nSPS) is 28.1. The first-order chi connectivity index (χ1) is 5.79. The average Bonchev–Trinajstić information content (AvgIpc) is 2.87. The topological polar surface area (TPSA) is 32.3 Å². The van der Waals surface area contributed by atoms with Crippen molar-refractivity contribution in [2.75, 3.05) is 19.6 Å². The molecule has 76 valence electrons. The maximum atomic E-state index is 11.2. The van der Waals surface area contributed by atoms with Crippen molar-refractivity contribution >= 4 is 18.3 Å². The Labute approximate surface area is 85.3 Å². The van der Waals surface area contributed by atoms with Crippen LogP contribution < -0.4 is 5.32 Å². The maximum Gasteiger partial charge on any atom is 0.219 e. The second kappa shape index (κ2) is 4.29. The van der Waals surface area contributed by atoms with Gasteiger partial charge in [0.15, 0.2) is 0 Å². The van der Waals surface area contributed by atoms with E-state index in [0.29, 0.717) is 6.04 Å². The first kappa shape index (κ1) is 10.8. The Balaban J connectivity index is 0.000000845. The molecule has 1 saturated carbocycles. The van der Waals surface area contributed by atoms with Crippen LogP contribution >= 0.6 is 12.4 Å². The highest BCUT2D eigenvalue weighted by Gasteiger charge is 2.37. The second-order valence-corrected chi connectivity index (χ2v) is 3.82. The lowest BCUT2D eigenvalue weighted by Crippen LogP contribution is -2.53. The molecular weight excluding hydrogens is 188 g/mol. The van der Waals surface area contributed by atoms with Gasteiger partial charge in [-0.3, -0.25) is 4.79 Å². The summed E-state index contributed by atoms with van der Waals surface area (Å²) in [5.74, 6) is 1.04. The third kappa shape index (κ3) is 2.35. The Kier molecular flexibility index (Phi) is 3.56. The molecule has 4 heteroatoms. The first-order valence-corrected chi connectivity index (χ1v) is 4.77. The summed E-state index contributed by atoms with van der Waals surface area (Å²) >= 11 is 0. The summed E-state index contributed by atoms with van der Waals surface area (Å²) in [7, 11) is 0. The zero-order valence-corrected chi connectivity index (χ0v) is 8.77. The summed E-state index contributed by atoms with van der Waals surface area (Å²) in [6.45, 7) is 4.55. The van der Waals surface area contributed by atoms with Crippen molar-refractivity contribution in [1.29, 1.82) is 0 Å². The predicted molar refractivity (Wildman–Crippen MR) is 54.0 cm³/mol. The third-order valence-electron chi connectivity index (χ3n) is 2.85. The van der Waals surface area contributed by atoms with Gasteiger partial charge in [0.1, 0.15) is 0 Å². The summed E-state index contributed by atoms with van der Waals surface area (Å²) in [6.07, 6.45) is 2.63. The molecular formula is C9H17ClN2O. The number of carbonyl (C=O) groups excluding carboxylic acids is 1. The number of halogens is 1. The van der Waals surface area contributed by atoms with Crippen molar-refractivity contribution in [3.63, 3.8) is 0 Å². The summed E-state index contributed by atoms with van der Waals surface area (Å²) in [5, 5.41) is 3.35. The molecule has 0 spiro atoms. The highest BCUT2D eigenvalue weighted by molar-refractivity contribution is 5.85. The van der Waals surface area contributed by atoms with E-state index >= 15 is 0 Å². The molecule has 1 unspecified atom stereocenters. The van der Waals surface area contributed by atoms with Crippen LogP contribution in [0.1, 0.15) is 19.8 Å².